The van der Waals surface area contributed by atoms with Gasteiger partial charge in [0.2, 0.25) is 15.9 Å². The molecule has 0 aliphatic heterocycles. The number of carbonyl (C=O) groups excluding carboxylic acids is 1. The van der Waals surface area contributed by atoms with Crippen LogP contribution < -0.4 is 9.62 Å². The Kier molecular flexibility index (Phi) is 4.01. The lowest BCUT2D eigenvalue weighted by Gasteiger charge is -2.21. The lowest BCUT2D eigenvalue weighted by atomic mass is 10.3. The number of rotatable bonds is 5. The Labute approximate surface area is 117 Å². The van der Waals surface area contributed by atoms with Crippen LogP contribution in [0.25, 0.3) is 0 Å². The summed E-state index contributed by atoms with van der Waals surface area (Å²) in [6, 6.07) is 6.54. The van der Waals surface area contributed by atoms with E-state index in [1.54, 1.807) is 24.3 Å². The van der Waals surface area contributed by atoms with Crippen molar-refractivity contribution in [2.75, 3.05) is 17.1 Å². The smallest absolute Gasteiger partial charge is 0.240 e. The molecule has 7 heteroatoms. The van der Waals surface area contributed by atoms with Gasteiger partial charge in [0.05, 0.1) is 11.9 Å². The molecule has 0 radical (unpaired) electrons. The number of amides is 1. The normalized spacial score (nSPS) is 15.1. The van der Waals surface area contributed by atoms with E-state index in [1.165, 1.54) is 0 Å². The van der Waals surface area contributed by atoms with Gasteiger partial charge in [-0.05, 0) is 37.1 Å². The summed E-state index contributed by atoms with van der Waals surface area (Å²) in [4.78, 5) is 11.7. The molecule has 19 heavy (non-hydrogen) atoms. The largest absolute Gasteiger partial charge is 0.352 e. The third-order valence-corrected chi connectivity index (χ3v) is 4.14. The van der Waals surface area contributed by atoms with Gasteiger partial charge in [0.15, 0.2) is 0 Å². The monoisotopic (exact) mass is 302 g/mol. The van der Waals surface area contributed by atoms with Crippen molar-refractivity contribution in [1.82, 2.24) is 5.32 Å². The fourth-order valence-corrected chi connectivity index (χ4v) is 2.62. The van der Waals surface area contributed by atoms with Crippen molar-refractivity contribution in [1.29, 1.82) is 0 Å². The second-order valence-electron chi connectivity index (χ2n) is 4.59. The van der Waals surface area contributed by atoms with Gasteiger partial charge < -0.3 is 5.32 Å². The van der Waals surface area contributed by atoms with Gasteiger partial charge in [0, 0.05) is 11.1 Å². The third kappa shape index (κ3) is 4.11. The summed E-state index contributed by atoms with van der Waals surface area (Å²) in [7, 11) is -3.51. The number of carbonyl (C=O) groups is 1. The molecule has 0 spiro atoms. The minimum Gasteiger partial charge on any atom is -0.352 e. The Bertz CT molecular complexity index is 567. The van der Waals surface area contributed by atoms with E-state index in [2.05, 4.69) is 5.32 Å². The van der Waals surface area contributed by atoms with Crippen molar-refractivity contribution in [3.63, 3.8) is 0 Å². The average molecular weight is 303 g/mol. The highest BCUT2D eigenvalue weighted by atomic mass is 35.5. The fourth-order valence-electron chi connectivity index (χ4n) is 1.64. The molecule has 0 bridgehead atoms. The number of halogens is 1. The van der Waals surface area contributed by atoms with E-state index in [-0.39, 0.29) is 18.5 Å². The SMILES string of the molecule is CS(=O)(=O)N(CC(=O)NC1CC1)c1ccc(Cl)cc1. The molecule has 1 aliphatic rings. The van der Waals surface area contributed by atoms with Gasteiger partial charge in [-0.25, -0.2) is 8.42 Å². The third-order valence-electron chi connectivity index (χ3n) is 2.74. The molecule has 0 unspecified atom stereocenters. The Morgan fingerprint density at radius 1 is 1.37 bits per heavy atom. The van der Waals surface area contributed by atoms with E-state index >= 15 is 0 Å². The van der Waals surface area contributed by atoms with Crippen LogP contribution >= 0.6 is 11.6 Å². The predicted octanol–water partition coefficient (Wildman–Crippen LogP) is 1.38. The van der Waals surface area contributed by atoms with E-state index in [1.807, 2.05) is 0 Å². The second-order valence-corrected chi connectivity index (χ2v) is 6.93. The molecule has 2 rings (SSSR count). The van der Waals surface area contributed by atoms with E-state index in [0.717, 1.165) is 23.4 Å². The van der Waals surface area contributed by atoms with Crippen LogP contribution in [0.2, 0.25) is 5.02 Å². The van der Waals surface area contributed by atoms with Crippen LogP contribution in [0.15, 0.2) is 24.3 Å². The van der Waals surface area contributed by atoms with E-state index in [9.17, 15) is 13.2 Å². The molecule has 104 valence electrons. The van der Waals surface area contributed by atoms with Crippen LogP contribution in [0.1, 0.15) is 12.8 Å². The van der Waals surface area contributed by atoms with E-state index in [0.29, 0.717) is 10.7 Å². The highest BCUT2D eigenvalue weighted by Crippen LogP contribution is 2.21. The van der Waals surface area contributed by atoms with Crippen LogP contribution in [-0.2, 0) is 14.8 Å². The maximum atomic E-state index is 11.8. The molecule has 0 saturated heterocycles. The highest BCUT2D eigenvalue weighted by molar-refractivity contribution is 7.92. The fraction of sp³-hybridized carbons (Fsp3) is 0.417. The van der Waals surface area contributed by atoms with Gasteiger partial charge in [-0.2, -0.15) is 0 Å². The highest BCUT2D eigenvalue weighted by Gasteiger charge is 2.26. The van der Waals surface area contributed by atoms with Gasteiger partial charge >= 0.3 is 0 Å². The van der Waals surface area contributed by atoms with Crippen molar-refractivity contribution in [2.24, 2.45) is 0 Å². The summed E-state index contributed by atoms with van der Waals surface area (Å²) in [5.74, 6) is -0.289. The lowest BCUT2D eigenvalue weighted by molar-refractivity contribution is -0.119. The van der Waals surface area contributed by atoms with Gasteiger partial charge in [0.25, 0.3) is 0 Å². The standard InChI is InChI=1S/C12H15ClN2O3S/c1-19(17,18)15(8-12(16)14-10-4-5-10)11-6-2-9(13)3-7-11/h2-3,6-7,10H,4-5,8H2,1H3,(H,14,16). The quantitative estimate of drug-likeness (QED) is 0.893. The molecule has 1 N–H and O–H groups in total. The molecular formula is C12H15ClN2O3S. The number of hydrogen-bond donors (Lipinski definition) is 1. The van der Waals surface area contributed by atoms with Gasteiger partial charge in [-0.1, -0.05) is 11.6 Å². The van der Waals surface area contributed by atoms with Crippen molar-refractivity contribution in [3.05, 3.63) is 29.3 Å². The first-order valence-electron chi connectivity index (χ1n) is 5.89. The zero-order valence-corrected chi connectivity index (χ0v) is 12.0. The summed E-state index contributed by atoms with van der Waals surface area (Å²) in [6.45, 7) is -0.211. The molecule has 0 atom stereocenters. The van der Waals surface area contributed by atoms with Gasteiger partial charge in [-0.15, -0.1) is 0 Å². The van der Waals surface area contributed by atoms with Crippen molar-refractivity contribution >= 4 is 33.2 Å². The molecule has 1 amide bonds. The van der Waals surface area contributed by atoms with Gasteiger partial charge in [-0.3, -0.25) is 9.10 Å². The predicted molar refractivity (Wildman–Crippen MR) is 74.8 cm³/mol. The molecule has 1 aromatic carbocycles. The first kappa shape index (κ1) is 14.1. The first-order valence-corrected chi connectivity index (χ1v) is 8.11. The summed E-state index contributed by atoms with van der Waals surface area (Å²) in [5.41, 5.74) is 0.429. The zero-order chi connectivity index (χ0) is 14.0. The maximum absolute atomic E-state index is 11.8. The summed E-state index contributed by atoms with van der Waals surface area (Å²) in [5, 5.41) is 3.28. The number of nitrogens with zero attached hydrogens (tertiary/aromatic N) is 1. The molecule has 1 aliphatic carbocycles. The molecule has 1 saturated carbocycles. The summed E-state index contributed by atoms with van der Waals surface area (Å²) >= 11 is 5.77. The number of sulfonamides is 1. The Balaban J connectivity index is 2.15. The van der Waals surface area contributed by atoms with Crippen LogP contribution in [0.4, 0.5) is 5.69 Å². The molecular weight excluding hydrogens is 288 g/mol. The van der Waals surface area contributed by atoms with Crippen LogP contribution in [0.3, 0.4) is 0 Å². The minimum atomic E-state index is -3.51. The topological polar surface area (TPSA) is 66.5 Å². The van der Waals surface area contributed by atoms with E-state index in [4.69, 9.17) is 11.6 Å². The zero-order valence-electron chi connectivity index (χ0n) is 10.5. The lowest BCUT2D eigenvalue weighted by Crippen LogP contribution is -2.41. The van der Waals surface area contributed by atoms with Crippen LogP contribution in [0, 0.1) is 0 Å². The molecule has 1 fully saturated rings. The Hall–Kier alpha value is -1.27. The maximum Gasteiger partial charge on any atom is 0.240 e. The van der Waals surface area contributed by atoms with Crippen molar-refractivity contribution in [2.45, 2.75) is 18.9 Å². The average Bonchev–Trinajstić information content (AvgIpc) is 3.10. The first-order chi connectivity index (χ1) is 8.86. The molecule has 0 heterocycles. The number of hydrogen-bond acceptors (Lipinski definition) is 3. The second kappa shape index (κ2) is 5.38. The molecule has 0 aromatic heterocycles. The van der Waals surface area contributed by atoms with Crippen LogP contribution in [-0.4, -0.2) is 33.2 Å². The van der Waals surface area contributed by atoms with Crippen LogP contribution in [0.5, 0.6) is 0 Å². The minimum absolute atomic E-state index is 0.208. The van der Waals surface area contributed by atoms with Crippen molar-refractivity contribution in [3.8, 4) is 0 Å². The number of nitrogens with one attached hydrogen (secondary N) is 1. The van der Waals surface area contributed by atoms with E-state index < -0.39 is 10.0 Å². The molecule has 1 aromatic rings. The Morgan fingerprint density at radius 2 is 1.95 bits per heavy atom. The summed E-state index contributed by atoms with van der Waals surface area (Å²) in [6.07, 6.45) is 3.00. The molecule has 5 nitrogen and oxygen atoms in total. The van der Waals surface area contributed by atoms with Gasteiger partial charge in [0.1, 0.15) is 6.54 Å². The number of anilines is 1. The number of benzene rings is 1. The van der Waals surface area contributed by atoms with Crippen molar-refractivity contribution < 1.29 is 13.2 Å². The Morgan fingerprint density at radius 3 is 2.42 bits per heavy atom. The summed E-state index contributed by atoms with van der Waals surface area (Å²) < 4.78 is 24.6.